The molecule has 3 aromatic heterocycles. The number of hydrogen-bond acceptors (Lipinski definition) is 8. The molecular weight excluding hydrogens is 479 g/mol. The fourth-order valence-corrected chi connectivity index (χ4v) is 4.01. The summed E-state index contributed by atoms with van der Waals surface area (Å²) in [5.41, 5.74) is 0.411. The number of carbonyl (C=O) groups is 1. The summed E-state index contributed by atoms with van der Waals surface area (Å²) in [6, 6.07) is 3.94. The molecule has 180 valence electrons. The fourth-order valence-electron chi connectivity index (χ4n) is 3.78. The number of hydrogen-bond donors (Lipinski definition) is 2. The van der Waals surface area contributed by atoms with Crippen molar-refractivity contribution in [2.24, 2.45) is 7.05 Å². The summed E-state index contributed by atoms with van der Waals surface area (Å²) in [7, 11) is 1.41. The molecule has 2 N–H and O–H groups in total. The topological polar surface area (TPSA) is 136 Å². The van der Waals surface area contributed by atoms with Crippen molar-refractivity contribution in [3.63, 3.8) is 0 Å². The molecule has 0 spiro atoms. The second kappa shape index (κ2) is 9.63. The lowest BCUT2D eigenvalue weighted by Crippen LogP contribution is -2.29. The van der Waals surface area contributed by atoms with Crippen molar-refractivity contribution in [1.29, 1.82) is 0 Å². The van der Waals surface area contributed by atoms with E-state index in [1.54, 1.807) is 20.0 Å². The number of aryl methyl sites for hydroxylation is 1. The van der Waals surface area contributed by atoms with E-state index in [9.17, 15) is 19.1 Å². The zero-order valence-corrected chi connectivity index (χ0v) is 19.6. The number of carbonyl (C=O) groups excluding carboxylic acids is 1. The number of aromatic nitrogens is 5. The number of rotatable bonds is 6. The van der Waals surface area contributed by atoms with Gasteiger partial charge in [0.15, 0.2) is 5.69 Å². The van der Waals surface area contributed by atoms with Crippen molar-refractivity contribution in [1.82, 2.24) is 24.7 Å². The first-order valence-corrected chi connectivity index (χ1v) is 10.8. The Labute approximate surface area is 203 Å². The molecule has 0 aliphatic carbocycles. The van der Waals surface area contributed by atoms with Gasteiger partial charge in [0.1, 0.15) is 23.6 Å². The lowest BCUT2D eigenvalue weighted by atomic mass is 9.83. The maximum atomic E-state index is 14.2. The van der Waals surface area contributed by atoms with Gasteiger partial charge in [0.05, 0.1) is 17.6 Å². The third kappa shape index (κ3) is 4.76. The van der Waals surface area contributed by atoms with Gasteiger partial charge in [-0.3, -0.25) is 24.1 Å². The van der Waals surface area contributed by atoms with Crippen LogP contribution in [-0.2, 0) is 7.05 Å². The Balaban J connectivity index is 1.86. The molecule has 0 saturated heterocycles. The Hall–Kier alpha value is -4.12. The Morgan fingerprint density at radius 1 is 1.26 bits per heavy atom. The standard InChI is InChI=1S/C23H20ClFN6O4/c1-11-7-27-17(9-26-11)18(15-6-13(25)4-5-16(15)24)12(2)21-30-19(20(32)23(34)31(21)3)22(33)29-14-8-28-35-10-14/h4-10,12,18,32H,1-3H3,(H,29,33)/t12-,18+/m0/s1. The van der Waals surface area contributed by atoms with Crippen LogP contribution in [0.2, 0.25) is 5.02 Å². The molecule has 1 aromatic carbocycles. The number of aromatic hydroxyl groups is 1. The second-order valence-electron chi connectivity index (χ2n) is 7.91. The molecule has 0 unspecified atom stereocenters. The monoisotopic (exact) mass is 498 g/mol. The van der Waals surface area contributed by atoms with E-state index in [4.69, 9.17) is 11.6 Å². The highest BCUT2D eigenvalue weighted by Gasteiger charge is 2.31. The first-order valence-electron chi connectivity index (χ1n) is 10.4. The normalized spacial score (nSPS) is 12.8. The smallest absolute Gasteiger partial charge is 0.296 e. The largest absolute Gasteiger partial charge is 0.501 e. The molecular formula is C23H20ClFN6O4. The number of amides is 1. The zero-order chi connectivity index (χ0) is 25.3. The molecule has 0 bridgehead atoms. The highest BCUT2D eigenvalue weighted by Crippen LogP contribution is 2.40. The average molecular weight is 499 g/mol. The van der Waals surface area contributed by atoms with E-state index in [-0.39, 0.29) is 16.5 Å². The summed E-state index contributed by atoms with van der Waals surface area (Å²) in [5, 5.41) is 16.6. The molecule has 0 radical (unpaired) electrons. The van der Waals surface area contributed by atoms with E-state index in [1.807, 2.05) is 0 Å². The van der Waals surface area contributed by atoms with Crippen molar-refractivity contribution in [2.75, 3.05) is 5.32 Å². The molecule has 0 saturated carbocycles. The maximum absolute atomic E-state index is 14.2. The Kier molecular flexibility index (Phi) is 6.61. The van der Waals surface area contributed by atoms with Crippen LogP contribution in [0, 0.1) is 12.7 Å². The van der Waals surface area contributed by atoms with Gasteiger partial charge in [0.25, 0.3) is 11.5 Å². The minimum absolute atomic E-state index is 0.135. The van der Waals surface area contributed by atoms with Gasteiger partial charge in [0, 0.05) is 36.3 Å². The van der Waals surface area contributed by atoms with Crippen LogP contribution < -0.4 is 10.9 Å². The summed E-state index contributed by atoms with van der Waals surface area (Å²) in [5.74, 6) is -3.39. The minimum atomic E-state index is -0.840. The molecule has 12 heteroatoms. The van der Waals surface area contributed by atoms with Crippen molar-refractivity contribution in [2.45, 2.75) is 25.7 Å². The van der Waals surface area contributed by atoms with Crippen molar-refractivity contribution in [3.8, 4) is 5.75 Å². The van der Waals surface area contributed by atoms with Crippen LogP contribution in [0.1, 0.15) is 52.0 Å². The molecule has 4 aromatic rings. The molecule has 10 nitrogen and oxygen atoms in total. The van der Waals surface area contributed by atoms with Crippen LogP contribution in [0.25, 0.3) is 0 Å². The number of anilines is 1. The maximum Gasteiger partial charge on any atom is 0.296 e. The zero-order valence-electron chi connectivity index (χ0n) is 18.9. The Morgan fingerprint density at radius 2 is 2.03 bits per heavy atom. The van der Waals surface area contributed by atoms with E-state index < -0.39 is 40.6 Å². The van der Waals surface area contributed by atoms with E-state index in [0.717, 1.165) is 4.57 Å². The lowest BCUT2D eigenvalue weighted by molar-refractivity contribution is 0.101. The highest BCUT2D eigenvalue weighted by atomic mass is 35.5. The van der Waals surface area contributed by atoms with Crippen LogP contribution in [-0.4, -0.2) is 35.7 Å². The average Bonchev–Trinajstić information content (AvgIpc) is 3.34. The molecule has 4 rings (SSSR count). The molecule has 0 aliphatic rings. The third-order valence-corrected chi connectivity index (χ3v) is 5.87. The van der Waals surface area contributed by atoms with E-state index in [2.05, 4.69) is 29.9 Å². The summed E-state index contributed by atoms with van der Waals surface area (Å²) in [6.07, 6.45) is 5.52. The number of nitrogens with zero attached hydrogens (tertiary/aromatic N) is 5. The Morgan fingerprint density at radius 3 is 2.69 bits per heavy atom. The first-order chi connectivity index (χ1) is 16.7. The second-order valence-corrected chi connectivity index (χ2v) is 8.32. The van der Waals surface area contributed by atoms with Crippen LogP contribution in [0.3, 0.4) is 0 Å². The fraction of sp³-hybridized carbons (Fsp3) is 0.217. The summed E-state index contributed by atoms with van der Waals surface area (Å²) in [6.45, 7) is 3.50. The van der Waals surface area contributed by atoms with Gasteiger partial charge in [-0.1, -0.05) is 23.7 Å². The molecule has 1 amide bonds. The predicted octanol–water partition coefficient (Wildman–Crippen LogP) is 3.55. The van der Waals surface area contributed by atoms with Gasteiger partial charge in [-0.05, 0) is 30.7 Å². The van der Waals surface area contributed by atoms with E-state index in [0.29, 0.717) is 17.0 Å². The lowest BCUT2D eigenvalue weighted by Gasteiger charge is -2.26. The predicted molar refractivity (Wildman–Crippen MR) is 124 cm³/mol. The highest BCUT2D eigenvalue weighted by molar-refractivity contribution is 6.31. The van der Waals surface area contributed by atoms with Crippen LogP contribution in [0.5, 0.6) is 5.75 Å². The molecule has 35 heavy (non-hydrogen) atoms. The van der Waals surface area contributed by atoms with Crippen LogP contribution in [0.4, 0.5) is 10.1 Å². The van der Waals surface area contributed by atoms with E-state index in [1.165, 1.54) is 43.9 Å². The van der Waals surface area contributed by atoms with E-state index >= 15 is 0 Å². The van der Waals surface area contributed by atoms with Gasteiger partial charge in [-0.15, -0.1) is 0 Å². The van der Waals surface area contributed by atoms with Gasteiger partial charge >= 0.3 is 0 Å². The van der Waals surface area contributed by atoms with Gasteiger partial charge in [-0.2, -0.15) is 0 Å². The SMILES string of the molecule is Cc1cnc([C@@H](c2cc(F)ccc2Cl)[C@H](C)c2nc(C(=O)Nc3cnoc3)c(O)c(=O)n2C)cn1. The van der Waals surface area contributed by atoms with Crippen LogP contribution >= 0.6 is 11.6 Å². The number of nitrogens with one attached hydrogen (secondary N) is 1. The third-order valence-electron chi connectivity index (χ3n) is 5.53. The number of benzene rings is 1. The van der Waals surface area contributed by atoms with Crippen molar-refractivity contribution in [3.05, 3.63) is 92.7 Å². The number of halogens is 2. The molecule has 0 aliphatic heterocycles. The van der Waals surface area contributed by atoms with Gasteiger partial charge < -0.3 is 14.9 Å². The molecule has 2 atom stereocenters. The molecule has 0 fully saturated rings. The summed E-state index contributed by atoms with van der Waals surface area (Å²) < 4.78 is 20.0. The van der Waals surface area contributed by atoms with Gasteiger partial charge in [0.2, 0.25) is 5.75 Å². The first kappa shape index (κ1) is 24.0. The quantitative estimate of drug-likeness (QED) is 0.412. The minimum Gasteiger partial charge on any atom is -0.501 e. The Bertz CT molecular complexity index is 1440. The summed E-state index contributed by atoms with van der Waals surface area (Å²) in [4.78, 5) is 38.7. The van der Waals surface area contributed by atoms with Crippen molar-refractivity contribution >= 4 is 23.2 Å². The van der Waals surface area contributed by atoms with Crippen LogP contribution in [0.15, 0.2) is 52.4 Å². The summed E-state index contributed by atoms with van der Waals surface area (Å²) >= 11 is 6.44. The van der Waals surface area contributed by atoms with Crippen molar-refractivity contribution < 1.29 is 18.8 Å². The molecule has 3 heterocycles. The van der Waals surface area contributed by atoms with Gasteiger partial charge in [-0.25, -0.2) is 9.37 Å².